The van der Waals surface area contributed by atoms with Gasteiger partial charge in [0.25, 0.3) is 0 Å². The summed E-state index contributed by atoms with van der Waals surface area (Å²) in [6.45, 7) is 13.3. The van der Waals surface area contributed by atoms with Crippen LogP contribution in [0, 0.1) is 0 Å². The summed E-state index contributed by atoms with van der Waals surface area (Å²) in [4.78, 5) is 37.3. The summed E-state index contributed by atoms with van der Waals surface area (Å²) in [6.07, 6.45) is 4.02. The van der Waals surface area contributed by atoms with E-state index in [1.807, 2.05) is 45.8 Å². The summed E-state index contributed by atoms with van der Waals surface area (Å²) < 4.78 is 5.45. The van der Waals surface area contributed by atoms with Gasteiger partial charge in [-0.05, 0) is 52.5 Å². The first-order valence-corrected chi connectivity index (χ1v) is 11.1. The molecule has 174 valence electrons. The molecule has 2 aliphatic rings. The van der Waals surface area contributed by atoms with E-state index in [-0.39, 0.29) is 30.0 Å². The number of imide groups is 1. The van der Waals surface area contributed by atoms with E-state index in [1.165, 1.54) is 0 Å². The molecule has 0 saturated carbocycles. The first-order chi connectivity index (χ1) is 14.6. The Hall–Kier alpha value is -2.42. The van der Waals surface area contributed by atoms with Gasteiger partial charge in [-0.3, -0.25) is 19.9 Å². The number of allylic oxidation sites excluding steroid dienone is 1. The minimum Gasteiger partial charge on any atom is -0.444 e. The van der Waals surface area contributed by atoms with Crippen molar-refractivity contribution in [2.75, 3.05) is 19.6 Å². The van der Waals surface area contributed by atoms with E-state index in [4.69, 9.17) is 4.74 Å². The molecule has 2 heterocycles. The van der Waals surface area contributed by atoms with Crippen molar-refractivity contribution in [2.24, 2.45) is 5.10 Å². The second-order valence-electron chi connectivity index (χ2n) is 9.02. The zero-order chi connectivity index (χ0) is 23.2. The number of likely N-dealkylation sites (tertiary alicyclic amines) is 1. The molecule has 9 nitrogen and oxygen atoms in total. The van der Waals surface area contributed by atoms with Crippen molar-refractivity contribution in [1.29, 1.82) is 0 Å². The molecule has 0 radical (unpaired) electrons. The molecule has 1 unspecified atom stereocenters. The highest BCUT2D eigenvalue weighted by atomic mass is 16.6. The first kappa shape index (κ1) is 24.8. The Morgan fingerprint density at radius 2 is 2.00 bits per heavy atom. The Morgan fingerprint density at radius 3 is 2.55 bits per heavy atom. The van der Waals surface area contributed by atoms with Crippen LogP contribution in [0.2, 0.25) is 0 Å². The average molecular weight is 436 g/mol. The van der Waals surface area contributed by atoms with Gasteiger partial charge in [0.1, 0.15) is 5.60 Å². The lowest BCUT2D eigenvalue weighted by atomic mass is 10.0. The maximum atomic E-state index is 12.3. The Balaban J connectivity index is 2.04. The Kier molecular flexibility index (Phi) is 8.61. The number of hydrogen-bond donors (Lipinski definition) is 2. The molecule has 1 atom stereocenters. The summed E-state index contributed by atoms with van der Waals surface area (Å²) in [5.41, 5.74) is 1.63. The fourth-order valence-corrected chi connectivity index (χ4v) is 3.52. The Labute approximate surface area is 185 Å². The minimum absolute atomic E-state index is 0.0764. The lowest BCUT2D eigenvalue weighted by Crippen LogP contribution is -2.60. The van der Waals surface area contributed by atoms with E-state index in [0.29, 0.717) is 32.5 Å². The van der Waals surface area contributed by atoms with Gasteiger partial charge < -0.3 is 15.0 Å². The van der Waals surface area contributed by atoms with Gasteiger partial charge >= 0.3 is 6.09 Å². The summed E-state index contributed by atoms with van der Waals surface area (Å²) in [6, 6.07) is -0.293. The van der Waals surface area contributed by atoms with Crippen molar-refractivity contribution in [3.05, 3.63) is 11.3 Å². The summed E-state index contributed by atoms with van der Waals surface area (Å²) in [7, 11) is 0. The topological polar surface area (TPSA) is 103 Å². The largest absolute Gasteiger partial charge is 0.444 e. The maximum absolute atomic E-state index is 12.3. The SMILES string of the molecule is CC/C=N\N(/C(C)=C(\CC)CNC1CCC(=O)NC1=O)C1CN(C(=O)OC(C)(C)C)C1. The van der Waals surface area contributed by atoms with Crippen LogP contribution in [0.15, 0.2) is 16.4 Å². The van der Waals surface area contributed by atoms with Gasteiger partial charge in [-0.15, -0.1) is 0 Å². The molecular weight excluding hydrogens is 398 g/mol. The van der Waals surface area contributed by atoms with E-state index >= 15 is 0 Å². The molecule has 2 saturated heterocycles. The molecule has 3 amide bonds. The zero-order valence-corrected chi connectivity index (χ0v) is 19.7. The van der Waals surface area contributed by atoms with E-state index in [1.54, 1.807) is 4.90 Å². The fraction of sp³-hybridized carbons (Fsp3) is 0.727. The minimum atomic E-state index is -0.519. The standard InChI is InChI=1S/C22H37N5O4/c1-7-11-24-27(17-13-26(14-17)21(30)31-22(4,5)6)15(3)16(8-2)12-23-18-9-10-19(28)25-20(18)29/h11,17-18,23H,7-10,12-14H2,1-6H3,(H,25,28,29)/b16-15+,24-11-. The van der Waals surface area contributed by atoms with Crippen molar-refractivity contribution in [3.8, 4) is 0 Å². The highest BCUT2D eigenvalue weighted by molar-refractivity contribution is 6.00. The molecule has 0 aromatic rings. The van der Waals surface area contributed by atoms with Crippen LogP contribution in [0.4, 0.5) is 4.79 Å². The Bertz CT molecular complexity index is 735. The van der Waals surface area contributed by atoms with Gasteiger partial charge in [0.15, 0.2) is 0 Å². The van der Waals surface area contributed by atoms with Crippen molar-refractivity contribution < 1.29 is 19.1 Å². The molecule has 2 fully saturated rings. The molecule has 2 N–H and O–H groups in total. The number of nitrogens with one attached hydrogen (secondary N) is 2. The number of amides is 3. The number of nitrogens with zero attached hydrogens (tertiary/aromatic N) is 3. The van der Waals surface area contributed by atoms with Crippen LogP contribution >= 0.6 is 0 Å². The molecule has 0 bridgehead atoms. The van der Waals surface area contributed by atoms with Gasteiger partial charge in [-0.25, -0.2) is 4.79 Å². The number of rotatable bonds is 8. The number of ether oxygens (including phenoxy) is 1. The summed E-state index contributed by atoms with van der Waals surface area (Å²) >= 11 is 0. The Morgan fingerprint density at radius 1 is 1.32 bits per heavy atom. The van der Waals surface area contributed by atoms with Crippen LogP contribution in [0.3, 0.4) is 0 Å². The third kappa shape index (κ3) is 7.05. The van der Waals surface area contributed by atoms with Crippen molar-refractivity contribution in [3.63, 3.8) is 0 Å². The molecular formula is C22H37N5O4. The highest BCUT2D eigenvalue weighted by Crippen LogP contribution is 2.24. The summed E-state index contributed by atoms with van der Waals surface area (Å²) in [5.74, 6) is -0.484. The third-order valence-electron chi connectivity index (χ3n) is 5.33. The molecule has 31 heavy (non-hydrogen) atoms. The molecule has 9 heteroatoms. The molecule has 0 aromatic heterocycles. The monoisotopic (exact) mass is 435 g/mol. The van der Waals surface area contributed by atoms with Gasteiger partial charge in [0.2, 0.25) is 11.8 Å². The predicted octanol–water partition coefficient (Wildman–Crippen LogP) is 2.38. The van der Waals surface area contributed by atoms with Crippen molar-refractivity contribution >= 4 is 24.1 Å². The first-order valence-electron chi connectivity index (χ1n) is 11.1. The van der Waals surface area contributed by atoms with Crippen molar-refractivity contribution in [1.82, 2.24) is 20.5 Å². The van der Waals surface area contributed by atoms with Gasteiger partial charge in [0, 0.05) is 38.0 Å². The molecule has 2 rings (SSSR count). The normalized spacial score (nSPS) is 21.0. The third-order valence-corrected chi connectivity index (χ3v) is 5.33. The molecule has 0 aromatic carbocycles. The second-order valence-corrected chi connectivity index (χ2v) is 9.02. The quantitative estimate of drug-likeness (QED) is 0.345. The molecule has 0 spiro atoms. The van der Waals surface area contributed by atoms with Crippen molar-refractivity contribution in [2.45, 2.75) is 84.9 Å². The van der Waals surface area contributed by atoms with E-state index in [9.17, 15) is 14.4 Å². The zero-order valence-electron chi connectivity index (χ0n) is 19.7. The smallest absolute Gasteiger partial charge is 0.410 e. The number of carbonyl (C=O) groups excluding carboxylic acids is 3. The van der Waals surface area contributed by atoms with Crippen LogP contribution in [-0.4, -0.2) is 71.4 Å². The van der Waals surface area contributed by atoms with Gasteiger partial charge in [0.05, 0.1) is 12.1 Å². The lowest BCUT2D eigenvalue weighted by Gasteiger charge is -2.44. The van der Waals surface area contributed by atoms with E-state index in [0.717, 1.165) is 24.1 Å². The second kappa shape index (κ2) is 10.7. The lowest BCUT2D eigenvalue weighted by molar-refractivity contribution is -0.134. The van der Waals surface area contributed by atoms with Crippen LogP contribution < -0.4 is 10.6 Å². The van der Waals surface area contributed by atoms with Crippen LogP contribution in [0.5, 0.6) is 0 Å². The van der Waals surface area contributed by atoms with Gasteiger partial charge in [-0.2, -0.15) is 5.10 Å². The fourth-order valence-electron chi connectivity index (χ4n) is 3.52. The highest BCUT2D eigenvalue weighted by Gasteiger charge is 2.38. The summed E-state index contributed by atoms with van der Waals surface area (Å²) in [5, 5.41) is 12.3. The van der Waals surface area contributed by atoms with E-state index < -0.39 is 5.60 Å². The maximum Gasteiger partial charge on any atom is 0.410 e. The van der Waals surface area contributed by atoms with Gasteiger partial charge in [-0.1, -0.05) is 13.8 Å². The number of hydrogen-bond acceptors (Lipinski definition) is 7. The van der Waals surface area contributed by atoms with Crippen LogP contribution in [0.1, 0.15) is 67.2 Å². The number of piperidine rings is 1. The predicted molar refractivity (Wildman–Crippen MR) is 119 cm³/mol. The van der Waals surface area contributed by atoms with Crippen LogP contribution in [0.25, 0.3) is 0 Å². The number of carbonyl (C=O) groups is 3. The van der Waals surface area contributed by atoms with Crippen LogP contribution in [-0.2, 0) is 14.3 Å². The molecule has 2 aliphatic heterocycles. The van der Waals surface area contributed by atoms with E-state index in [2.05, 4.69) is 22.7 Å². The average Bonchev–Trinajstić information content (AvgIpc) is 2.63. The number of hydrazone groups is 1. The molecule has 0 aliphatic carbocycles.